The molecule has 1 aliphatic rings. The first-order valence-electron chi connectivity index (χ1n) is 9.47. The Balaban J connectivity index is 2.59. The molecule has 16 heteroatoms. The maximum atomic E-state index is 14.6. The van der Waals surface area contributed by atoms with Crippen LogP contribution in [0.5, 0.6) is 0 Å². The Labute approximate surface area is 186 Å². The number of carbonyl (C=O) groups is 1. The lowest BCUT2D eigenvalue weighted by Gasteiger charge is -2.48. The van der Waals surface area contributed by atoms with Gasteiger partial charge in [-0.1, -0.05) is 6.58 Å². The first-order valence-corrected chi connectivity index (χ1v) is 9.47. The van der Waals surface area contributed by atoms with E-state index in [0.29, 0.717) is 6.08 Å². The molecule has 1 fully saturated rings. The highest BCUT2D eigenvalue weighted by Crippen LogP contribution is 2.58. The van der Waals surface area contributed by atoms with Gasteiger partial charge in [0.1, 0.15) is 0 Å². The van der Waals surface area contributed by atoms with Gasteiger partial charge in [-0.2, -0.15) is 35.1 Å². The molecule has 0 aromatic rings. The van der Waals surface area contributed by atoms with E-state index < -0.39 is 100 Å². The lowest BCUT2D eigenvalue weighted by molar-refractivity contribution is -0.356. The van der Waals surface area contributed by atoms with E-state index in [0.717, 1.165) is 0 Å². The first-order chi connectivity index (χ1) is 15.4. The van der Waals surface area contributed by atoms with Crippen LogP contribution in [0.25, 0.3) is 0 Å². The Bertz CT molecular complexity index is 706. The van der Waals surface area contributed by atoms with Crippen molar-refractivity contribution in [2.45, 2.75) is 54.5 Å². The highest BCUT2D eigenvalue weighted by atomic mass is 19.3. The van der Waals surface area contributed by atoms with Gasteiger partial charge in [0.05, 0.1) is 19.8 Å². The zero-order valence-electron chi connectivity index (χ0n) is 17.3. The van der Waals surface area contributed by atoms with Crippen molar-refractivity contribution in [3.05, 3.63) is 12.7 Å². The summed E-state index contributed by atoms with van der Waals surface area (Å²) in [6, 6.07) is 0. The van der Waals surface area contributed by atoms with Crippen LogP contribution in [0.1, 0.15) is 19.3 Å². The Hall–Kier alpha value is -1.68. The van der Waals surface area contributed by atoms with E-state index in [4.69, 9.17) is 0 Å². The van der Waals surface area contributed by atoms with Crippen molar-refractivity contribution in [1.82, 2.24) is 0 Å². The molecule has 0 bridgehead atoms. The number of alkyl halides is 11. The predicted molar refractivity (Wildman–Crippen MR) is 91.2 cm³/mol. The van der Waals surface area contributed by atoms with Crippen molar-refractivity contribution in [3.8, 4) is 0 Å². The fraction of sp³-hybridized carbons (Fsp3) is 0.833. The van der Waals surface area contributed by atoms with Crippen molar-refractivity contribution in [1.29, 1.82) is 0 Å². The van der Waals surface area contributed by atoms with Gasteiger partial charge < -0.3 is 18.9 Å². The van der Waals surface area contributed by atoms with Crippen LogP contribution >= 0.6 is 0 Å². The standard InChI is InChI=1S/C18H21F11O5/c1-2-12(30)33-10-15(22,23)18(28,29)34-7-3-6-31-8-13(20)4-5-14(21,9-32-11-19)17(26,27)16(13,24)25/h2H,1,3-11H2. The van der Waals surface area contributed by atoms with Gasteiger partial charge in [-0.15, -0.1) is 0 Å². The van der Waals surface area contributed by atoms with Crippen LogP contribution in [0, 0.1) is 0 Å². The summed E-state index contributed by atoms with van der Waals surface area (Å²) in [4.78, 5) is 10.7. The minimum absolute atomic E-state index is 0.446. The van der Waals surface area contributed by atoms with Crippen LogP contribution in [0.3, 0.4) is 0 Å². The molecule has 0 amide bonds. The van der Waals surface area contributed by atoms with Crippen LogP contribution < -0.4 is 0 Å². The SMILES string of the molecule is C=CC(=O)OCC(F)(F)C(F)(F)OCCCOCC1(F)CCC(F)(COCF)C(F)(F)C1(F)F. The molecule has 34 heavy (non-hydrogen) atoms. The normalized spacial score (nSPS) is 26.8. The summed E-state index contributed by atoms with van der Waals surface area (Å²) in [5, 5.41) is 0. The molecule has 0 spiro atoms. The molecule has 0 N–H and O–H groups in total. The molecule has 0 aromatic heterocycles. The summed E-state index contributed by atoms with van der Waals surface area (Å²) < 4.78 is 167. The van der Waals surface area contributed by atoms with Crippen LogP contribution in [-0.4, -0.2) is 81.1 Å². The molecule has 1 saturated carbocycles. The average molecular weight is 526 g/mol. The molecule has 0 radical (unpaired) electrons. The minimum atomic E-state index is -5.62. The van der Waals surface area contributed by atoms with Crippen molar-refractivity contribution in [2.24, 2.45) is 0 Å². The summed E-state index contributed by atoms with van der Waals surface area (Å²) in [6.45, 7) is -6.46. The number of hydrogen-bond donors (Lipinski definition) is 0. The fourth-order valence-corrected chi connectivity index (χ4v) is 2.80. The number of carbonyl (C=O) groups excluding carboxylic acids is 1. The summed E-state index contributed by atoms with van der Waals surface area (Å²) in [7, 11) is 0. The van der Waals surface area contributed by atoms with Gasteiger partial charge >= 0.3 is 29.8 Å². The molecule has 0 aromatic carbocycles. The molecular weight excluding hydrogens is 505 g/mol. The molecule has 200 valence electrons. The quantitative estimate of drug-likeness (QED) is 0.141. The predicted octanol–water partition coefficient (Wildman–Crippen LogP) is 4.79. The van der Waals surface area contributed by atoms with Gasteiger partial charge in [-0.05, 0) is 19.3 Å². The van der Waals surface area contributed by atoms with Crippen molar-refractivity contribution < 1.29 is 72.0 Å². The number of hydrogen-bond acceptors (Lipinski definition) is 5. The maximum Gasteiger partial charge on any atom is 0.422 e. The second-order valence-electron chi connectivity index (χ2n) is 7.32. The fourth-order valence-electron chi connectivity index (χ4n) is 2.80. The van der Waals surface area contributed by atoms with Gasteiger partial charge in [0.25, 0.3) is 0 Å². The maximum absolute atomic E-state index is 14.6. The molecular formula is C18H21F11O5. The van der Waals surface area contributed by atoms with Crippen molar-refractivity contribution >= 4 is 5.97 Å². The van der Waals surface area contributed by atoms with Crippen molar-refractivity contribution in [2.75, 3.05) is 39.9 Å². The van der Waals surface area contributed by atoms with Crippen LogP contribution in [0.2, 0.25) is 0 Å². The molecule has 1 rings (SSSR count). The topological polar surface area (TPSA) is 54.0 Å². The van der Waals surface area contributed by atoms with Gasteiger partial charge in [0.2, 0.25) is 11.3 Å². The second kappa shape index (κ2) is 10.9. The van der Waals surface area contributed by atoms with Gasteiger partial charge in [-0.25, -0.2) is 18.0 Å². The third kappa shape index (κ3) is 6.11. The number of ether oxygens (including phenoxy) is 4. The lowest BCUT2D eigenvalue weighted by Crippen LogP contribution is -2.71. The Morgan fingerprint density at radius 2 is 1.38 bits per heavy atom. The van der Waals surface area contributed by atoms with Crippen LogP contribution in [-0.2, 0) is 23.7 Å². The van der Waals surface area contributed by atoms with E-state index in [1.165, 1.54) is 0 Å². The molecule has 0 aliphatic heterocycles. The smallest absolute Gasteiger partial charge is 0.422 e. The third-order valence-electron chi connectivity index (χ3n) is 4.88. The van der Waals surface area contributed by atoms with E-state index in [1.807, 2.05) is 0 Å². The largest absolute Gasteiger partial charge is 0.456 e. The van der Waals surface area contributed by atoms with E-state index in [1.54, 1.807) is 0 Å². The van der Waals surface area contributed by atoms with Gasteiger partial charge in [0.15, 0.2) is 13.5 Å². The van der Waals surface area contributed by atoms with Crippen LogP contribution in [0.4, 0.5) is 48.3 Å². The summed E-state index contributed by atoms with van der Waals surface area (Å²) in [5.41, 5.74) is -8.16. The van der Waals surface area contributed by atoms with E-state index >= 15 is 0 Å². The number of esters is 1. The lowest BCUT2D eigenvalue weighted by atomic mass is 9.72. The first kappa shape index (κ1) is 30.4. The zero-order chi connectivity index (χ0) is 26.5. The molecule has 1 aliphatic carbocycles. The van der Waals surface area contributed by atoms with E-state index in [2.05, 4.69) is 25.5 Å². The molecule has 0 heterocycles. The highest BCUT2D eigenvalue weighted by Gasteiger charge is 2.81. The van der Waals surface area contributed by atoms with E-state index in [-0.39, 0.29) is 0 Å². The van der Waals surface area contributed by atoms with Crippen LogP contribution in [0.15, 0.2) is 12.7 Å². The Morgan fingerprint density at radius 1 is 0.882 bits per heavy atom. The van der Waals surface area contributed by atoms with Gasteiger partial charge in [-0.3, -0.25) is 0 Å². The summed E-state index contributed by atoms with van der Waals surface area (Å²) in [5.74, 6) is -17.6. The molecule has 2 unspecified atom stereocenters. The molecule has 5 nitrogen and oxygen atoms in total. The molecule has 0 saturated heterocycles. The molecule has 2 atom stereocenters. The summed E-state index contributed by atoms with van der Waals surface area (Å²) in [6.07, 6.45) is -8.35. The minimum Gasteiger partial charge on any atom is -0.456 e. The van der Waals surface area contributed by atoms with Crippen molar-refractivity contribution in [3.63, 3.8) is 0 Å². The average Bonchev–Trinajstić information content (AvgIpc) is 2.75. The summed E-state index contributed by atoms with van der Waals surface area (Å²) >= 11 is 0. The zero-order valence-corrected chi connectivity index (χ0v) is 17.3. The Morgan fingerprint density at radius 3 is 1.85 bits per heavy atom. The van der Waals surface area contributed by atoms with E-state index in [9.17, 15) is 53.1 Å². The number of rotatable bonds is 14. The Kier molecular flexibility index (Phi) is 9.76. The third-order valence-corrected chi connectivity index (χ3v) is 4.88. The number of halogens is 11. The highest BCUT2D eigenvalue weighted by molar-refractivity contribution is 5.81. The van der Waals surface area contributed by atoms with Gasteiger partial charge in [0, 0.05) is 12.7 Å². The monoisotopic (exact) mass is 526 g/mol. The second-order valence-corrected chi connectivity index (χ2v) is 7.32.